The Labute approximate surface area is 194 Å². The molecule has 32 heavy (non-hydrogen) atoms. The molecule has 1 aromatic heterocycles. The molecular weight excluding hydrogens is 456 g/mol. The van der Waals surface area contributed by atoms with Gasteiger partial charge in [-0.3, -0.25) is 9.36 Å². The van der Waals surface area contributed by atoms with Crippen LogP contribution in [0.4, 0.5) is 4.79 Å². The number of hydrogen-bond donors (Lipinski definition) is 2. The molecule has 0 aliphatic carbocycles. The number of rotatable bonds is 10. The molecule has 1 aliphatic rings. The van der Waals surface area contributed by atoms with Gasteiger partial charge in [-0.2, -0.15) is 0 Å². The second-order valence-corrected chi connectivity index (χ2v) is 8.22. The van der Waals surface area contributed by atoms with Crippen LogP contribution >= 0.6 is 23.4 Å². The number of nitrogens with one attached hydrogen (secondary N) is 2. The van der Waals surface area contributed by atoms with E-state index < -0.39 is 12.0 Å². The van der Waals surface area contributed by atoms with Gasteiger partial charge in [0.2, 0.25) is 0 Å². The molecule has 1 aliphatic heterocycles. The molecule has 1 aromatic carbocycles. The molecule has 0 saturated carbocycles. The number of thioether (sulfide) groups is 1. The lowest BCUT2D eigenvalue weighted by atomic mass is 10.2. The van der Waals surface area contributed by atoms with Crippen LogP contribution in [0.3, 0.4) is 0 Å². The van der Waals surface area contributed by atoms with Crippen LogP contribution in [0.25, 0.3) is 10.9 Å². The van der Waals surface area contributed by atoms with Crippen LogP contribution in [0.1, 0.15) is 20.3 Å². The van der Waals surface area contributed by atoms with Crippen molar-refractivity contribution in [3.63, 3.8) is 0 Å². The van der Waals surface area contributed by atoms with Gasteiger partial charge in [-0.1, -0.05) is 23.4 Å². The quantitative estimate of drug-likeness (QED) is 0.233. The van der Waals surface area contributed by atoms with Crippen molar-refractivity contribution in [3.8, 4) is 0 Å². The third-order valence-corrected chi connectivity index (χ3v) is 5.92. The third-order valence-electron chi connectivity index (χ3n) is 4.68. The standard InChI is InChI=1S/C21H25ClN4O5S/c1-3-30-9-5-8-26-18(27)14-7-6-13(22)10-16(14)25-21(26)32-12-17-15(19(28)31-4-2)11-23-20(29)24-17/h6-7,10H,3-5,8-9,11-12H2,1-2H3,(H2,23,24,29). The van der Waals surface area contributed by atoms with E-state index in [1.165, 1.54) is 11.8 Å². The molecule has 0 spiro atoms. The molecule has 2 amide bonds. The van der Waals surface area contributed by atoms with Crippen molar-refractivity contribution < 1.29 is 19.1 Å². The Hall–Kier alpha value is -2.56. The third kappa shape index (κ3) is 5.81. The van der Waals surface area contributed by atoms with E-state index in [1.54, 1.807) is 29.7 Å². The minimum atomic E-state index is -0.497. The van der Waals surface area contributed by atoms with Gasteiger partial charge in [-0.15, -0.1) is 0 Å². The molecule has 9 nitrogen and oxygen atoms in total. The zero-order valence-corrected chi connectivity index (χ0v) is 19.5. The number of nitrogens with zero attached hydrogens (tertiary/aromatic N) is 2. The summed E-state index contributed by atoms with van der Waals surface area (Å²) in [5.74, 6) is -0.270. The van der Waals surface area contributed by atoms with Crippen molar-refractivity contribution in [1.82, 2.24) is 20.2 Å². The highest BCUT2D eigenvalue weighted by molar-refractivity contribution is 7.99. The zero-order valence-electron chi connectivity index (χ0n) is 17.9. The number of carbonyl (C=O) groups is 2. The first-order valence-corrected chi connectivity index (χ1v) is 11.7. The van der Waals surface area contributed by atoms with Crippen LogP contribution in [0.5, 0.6) is 0 Å². The van der Waals surface area contributed by atoms with E-state index in [1.807, 2.05) is 6.92 Å². The first-order valence-electron chi connectivity index (χ1n) is 10.3. The molecule has 11 heteroatoms. The van der Waals surface area contributed by atoms with Crippen LogP contribution < -0.4 is 16.2 Å². The summed E-state index contributed by atoms with van der Waals surface area (Å²) in [5, 5.41) is 6.65. The van der Waals surface area contributed by atoms with Crippen LogP contribution in [0, 0.1) is 0 Å². The largest absolute Gasteiger partial charge is 0.463 e. The first-order chi connectivity index (χ1) is 15.4. The maximum atomic E-state index is 13.1. The fourth-order valence-electron chi connectivity index (χ4n) is 3.16. The molecule has 2 aromatic rings. The lowest BCUT2D eigenvalue weighted by molar-refractivity contribution is -0.138. The zero-order chi connectivity index (χ0) is 23.1. The number of amides is 2. The summed E-state index contributed by atoms with van der Waals surface area (Å²) in [4.78, 5) is 41.9. The molecule has 0 saturated heterocycles. The van der Waals surface area contributed by atoms with Crippen LogP contribution in [0.15, 0.2) is 39.4 Å². The molecule has 0 atom stereocenters. The van der Waals surface area contributed by atoms with E-state index >= 15 is 0 Å². The molecular formula is C21H25ClN4O5S. The highest BCUT2D eigenvalue weighted by Crippen LogP contribution is 2.23. The fourth-order valence-corrected chi connectivity index (χ4v) is 4.33. The van der Waals surface area contributed by atoms with E-state index in [0.717, 1.165) is 0 Å². The normalized spacial score (nSPS) is 13.8. The summed E-state index contributed by atoms with van der Waals surface area (Å²) < 4.78 is 12.1. The average molecular weight is 481 g/mol. The molecule has 172 valence electrons. The van der Waals surface area contributed by atoms with E-state index in [-0.39, 0.29) is 24.5 Å². The Morgan fingerprint density at radius 1 is 1.28 bits per heavy atom. The van der Waals surface area contributed by atoms with E-state index in [4.69, 9.17) is 21.1 Å². The predicted molar refractivity (Wildman–Crippen MR) is 123 cm³/mol. The highest BCUT2D eigenvalue weighted by atomic mass is 35.5. The summed E-state index contributed by atoms with van der Waals surface area (Å²) >= 11 is 7.35. The van der Waals surface area contributed by atoms with Crippen LogP contribution in [-0.2, 0) is 20.8 Å². The van der Waals surface area contributed by atoms with Crippen molar-refractivity contribution in [3.05, 3.63) is 44.8 Å². The predicted octanol–water partition coefficient (Wildman–Crippen LogP) is 2.70. The number of aromatic nitrogens is 2. The first kappa shape index (κ1) is 24.1. The van der Waals surface area contributed by atoms with Gasteiger partial charge in [-0.05, 0) is 38.5 Å². The molecule has 2 heterocycles. The number of carbonyl (C=O) groups excluding carboxylic acids is 2. The van der Waals surface area contributed by atoms with Gasteiger partial charge in [0.15, 0.2) is 5.16 Å². The minimum absolute atomic E-state index is 0.0719. The van der Waals surface area contributed by atoms with Gasteiger partial charge in [0.25, 0.3) is 5.56 Å². The minimum Gasteiger partial charge on any atom is -0.463 e. The van der Waals surface area contributed by atoms with Crippen molar-refractivity contribution in [2.75, 3.05) is 32.1 Å². The SMILES string of the molecule is CCOCCCn1c(SCC2=C(C(=O)OCC)CNC(=O)N2)nc2cc(Cl)ccc2c1=O. The van der Waals surface area contributed by atoms with E-state index in [2.05, 4.69) is 15.6 Å². The molecule has 0 unspecified atom stereocenters. The maximum absolute atomic E-state index is 13.1. The highest BCUT2D eigenvalue weighted by Gasteiger charge is 2.24. The lowest BCUT2D eigenvalue weighted by Gasteiger charge is -2.21. The second-order valence-electron chi connectivity index (χ2n) is 6.84. The van der Waals surface area contributed by atoms with Crippen molar-refractivity contribution in [1.29, 1.82) is 0 Å². The Bertz CT molecular complexity index is 1100. The van der Waals surface area contributed by atoms with Crippen LogP contribution in [0.2, 0.25) is 5.02 Å². The lowest BCUT2D eigenvalue weighted by Crippen LogP contribution is -2.44. The molecule has 0 fully saturated rings. The van der Waals surface area contributed by atoms with Crippen molar-refractivity contribution in [2.45, 2.75) is 32.0 Å². The van der Waals surface area contributed by atoms with Crippen molar-refractivity contribution >= 4 is 46.3 Å². The van der Waals surface area contributed by atoms with Gasteiger partial charge in [0, 0.05) is 36.2 Å². The number of halogens is 1. The number of hydrogen-bond acceptors (Lipinski definition) is 7. The van der Waals surface area contributed by atoms with Gasteiger partial charge in [-0.25, -0.2) is 14.6 Å². The molecule has 0 bridgehead atoms. The molecule has 3 rings (SSSR count). The number of benzene rings is 1. The maximum Gasteiger partial charge on any atom is 0.337 e. The Morgan fingerprint density at radius 2 is 2.09 bits per heavy atom. The van der Waals surface area contributed by atoms with Crippen LogP contribution in [-0.4, -0.2) is 53.7 Å². The Balaban J connectivity index is 1.94. The second kappa shape index (κ2) is 11.3. The van der Waals surface area contributed by atoms with E-state index in [9.17, 15) is 14.4 Å². The Morgan fingerprint density at radius 3 is 2.84 bits per heavy atom. The molecule has 0 radical (unpaired) electrons. The number of ether oxygens (including phenoxy) is 2. The van der Waals surface area contributed by atoms with Gasteiger partial charge in [0.1, 0.15) is 0 Å². The number of urea groups is 1. The smallest absolute Gasteiger partial charge is 0.337 e. The summed E-state index contributed by atoms with van der Waals surface area (Å²) in [6.45, 7) is 5.47. The summed E-state index contributed by atoms with van der Waals surface area (Å²) in [5.41, 5.74) is 1.08. The fraction of sp³-hybridized carbons (Fsp3) is 0.429. The number of fused-ring (bicyclic) bond motifs is 1. The van der Waals surface area contributed by atoms with Gasteiger partial charge >= 0.3 is 12.0 Å². The van der Waals surface area contributed by atoms with Gasteiger partial charge in [0.05, 0.1) is 29.6 Å². The number of esters is 1. The Kier molecular flexibility index (Phi) is 8.54. The summed E-state index contributed by atoms with van der Waals surface area (Å²) in [6, 6.07) is 4.56. The summed E-state index contributed by atoms with van der Waals surface area (Å²) in [7, 11) is 0. The van der Waals surface area contributed by atoms with Crippen molar-refractivity contribution in [2.24, 2.45) is 0 Å². The average Bonchev–Trinajstić information content (AvgIpc) is 2.76. The summed E-state index contributed by atoms with van der Waals surface area (Å²) in [6.07, 6.45) is 0.638. The van der Waals surface area contributed by atoms with Gasteiger partial charge < -0.3 is 20.1 Å². The monoisotopic (exact) mass is 480 g/mol. The van der Waals surface area contributed by atoms with E-state index in [0.29, 0.717) is 58.5 Å². The molecule has 2 N–H and O–H groups in total. The topological polar surface area (TPSA) is 112 Å².